The first-order chi connectivity index (χ1) is 10.1. The van der Waals surface area contributed by atoms with Crippen LogP contribution in [-0.4, -0.2) is 16.0 Å². The second kappa shape index (κ2) is 6.69. The number of aromatic nitrogens is 1. The van der Waals surface area contributed by atoms with Crippen LogP contribution in [0.15, 0.2) is 42.6 Å². The van der Waals surface area contributed by atoms with E-state index in [1.807, 2.05) is 32.0 Å². The van der Waals surface area contributed by atoms with Gasteiger partial charge in [0.1, 0.15) is 0 Å². The maximum absolute atomic E-state index is 11.0. The number of hydrogen-bond donors (Lipinski definition) is 1. The molecule has 1 aromatic heterocycles. The van der Waals surface area contributed by atoms with Gasteiger partial charge in [-0.3, -0.25) is 15.1 Å². The Morgan fingerprint density at radius 3 is 2.76 bits per heavy atom. The van der Waals surface area contributed by atoms with Crippen molar-refractivity contribution < 1.29 is 9.66 Å². The highest BCUT2D eigenvalue weighted by Crippen LogP contribution is 2.31. The van der Waals surface area contributed by atoms with Crippen molar-refractivity contribution in [3.63, 3.8) is 0 Å². The highest BCUT2D eigenvalue weighted by atomic mass is 16.6. The zero-order valence-corrected chi connectivity index (χ0v) is 11.9. The average Bonchev–Trinajstić information content (AvgIpc) is 2.45. The fourth-order valence-corrected chi connectivity index (χ4v) is 1.82. The molecule has 2 aromatic rings. The lowest BCUT2D eigenvalue weighted by molar-refractivity contribution is -0.386. The summed E-state index contributed by atoms with van der Waals surface area (Å²) in [4.78, 5) is 14.8. The molecule has 0 amide bonds. The van der Waals surface area contributed by atoms with Crippen LogP contribution in [0.4, 0.5) is 11.4 Å². The second-order valence-electron chi connectivity index (χ2n) is 4.78. The van der Waals surface area contributed by atoms with Crippen molar-refractivity contribution in [2.45, 2.75) is 26.5 Å². The predicted octanol–water partition coefficient (Wildman–Crippen LogP) is 3.39. The van der Waals surface area contributed by atoms with Crippen LogP contribution >= 0.6 is 0 Å². The maximum Gasteiger partial charge on any atom is 0.311 e. The van der Waals surface area contributed by atoms with Crippen molar-refractivity contribution in [1.82, 2.24) is 4.98 Å². The third-order valence-electron chi connectivity index (χ3n) is 2.72. The summed E-state index contributed by atoms with van der Waals surface area (Å²) in [7, 11) is 0. The fraction of sp³-hybridized carbons (Fsp3) is 0.267. The van der Waals surface area contributed by atoms with Gasteiger partial charge in [-0.2, -0.15) is 0 Å². The smallest absolute Gasteiger partial charge is 0.311 e. The van der Waals surface area contributed by atoms with E-state index in [1.165, 1.54) is 6.07 Å². The van der Waals surface area contributed by atoms with E-state index in [2.05, 4.69) is 10.3 Å². The Morgan fingerprint density at radius 1 is 1.33 bits per heavy atom. The molecule has 0 unspecified atom stereocenters. The van der Waals surface area contributed by atoms with Gasteiger partial charge in [-0.25, -0.2) is 0 Å². The molecular formula is C15H17N3O3. The van der Waals surface area contributed by atoms with E-state index in [1.54, 1.807) is 18.3 Å². The summed E-state index contributed by atoms with van der Waals surface area (Å²) in [6.07, 6.45) is 1.59. The summed E-state index contributed by atoms with van der Waals surface area (Å²) in [6.45, 7) is 4.20. The highest BCUT2D eigenvalue weighted by molar-refractivity contribution is 5.58. The van der Waals surface area contributed by atoms with Gasteiger partial charge in [0, 0.05) is 24.0 Å². The molecule has 1 aromatic carbocycles. The first-order valence-corrected chi connectivity index (χ1v) is 6.65. The third kappa shape index (κ3) is 4.17. The summed E-state index contributed by atoms with van der Waals surface area (Å²) in [5, 5.41) is 14.2. The summed E-state index contributed by atoms with van der Waals surface area (Å²) in [5.74, 6) is 0.265. The Balaban J connectivity index is 2.15. The number of nitro benzene ring substituents is 1. The standard InChI is InChI=1S/C15H17N3O3/c1-11(2)21-15-9-12(6-7-14(15)18(19)20)17-10-13-5-3-4-8-16-13/h3-9,11,17H,10H2,1-2H3. The molecule has 6 heteroatoms. The molecule has 21 heavy (non-hydrogen) atoms. The molecule has 110 valence electrons. The lowest BCUT2D eigenvalue weighted by Gasteiger charge is -2.12. The van der Waals surface area contributed by atoms with E-state index in [0.29, 0.717) is 6.54 Å². The molecular weight excluding hydrogens is 270 g/mol. The van der Waals surface area contributed by atoms with Gasteiger partial charge in [0.15, 0.2) is 5.75 Å². The number of hydrogen-bond acceptors (Lipinski definition) is 5. The molecule has 0 fully saturated rings. The van der Waals surface area contributed by atoms with Crippen molar-refractivity contribution in [3.8, 4) is 5.75 Å². The van der Waals surface area contributed by atoms with Gasteiger partial charge in [-0.1, -0.05) is 6.07 Å². The molecule has 1 heterocycles. The molecule has 6 nitrogen and oxygen atoms in total. The molecule has 0 atom stereocenters. The van der Waals surface area contributed by atoms with Crippen LogP contribution in [0.2, 0.25) is 0 Å². The third-order valence-corrected chi connectivity index (χ3v) is 2.72. The van der Waals surface area contributed by atoms with Crippen LogP contribution in [-0.2, 0) is 6.54 Å². The largest absolute Gasteiger partial charge is 0.484 e. The summed E-state index contributed by atoms with van der Waals surface area (Å²) in [5.41, 5.74) is 1.61. The van der Waals surface area contributed by atoms with Crippen LogP contribution in [0.5, 0.6) is 5.75 Å². The number of nitro groups is 1. The Hall–Kier alpha value is -2.63. The first kappa shape index (κ1) is 14.8. The van der Waals surface area contributed by atoms with Gasteiger partial charge >= 0.3 is 5.69 Å². The van der Waals surface area contributed by atoms with Crippen molar-refractivity contribution >= 4 is 11.4 Å². The lowest BCUT2D eigenvalue weighted by atomic mass is 10.2. The number of pyridine rings is 1. The Morgan fingerprint density at radius 2 is 2.14 bits per heavy atom. The van der Waals surface area contributed by atoms with E-state index >= 15 is 0 Å². The summed E-state index contributed by atoms with van der Waals surface area (Å²) in [6, 6.07) is 10.4. The summed E-state index contributed by atoms with van der Waals surface area (Å²) < 4.78 is 5.50. The average molecular weight is 287 g/mol. The molecule has 0 aliphatic carbocycles. The SMILES string of the molecule is CC(C)Oc1cc(NCc2ccccn2)ccc1[N+](=O)[O-]. The van der Waals surface area contributed by atoms with Gasteiger partial charge in [0.2, 0.25) is 0 Å². The van der Waals surface area contributed by atoms with E-state index < -0.39 is 4.92 Å². The quantitative estimate of drug-likeness (QED) is 0.651. The van der Waals surface area contributed by atoms with Crippen LogP contribution in [0.25, 0.3) is 0 Å². The number of nitrogens with one attached hydrogen (secondary N) is 1. The monoisotopic (exact) mass is 287 g/mol. The molecule has 0 aliphatic rings. The molecule has 0 radical (unpaired) electrons. The van der Waals surface area contributed by atoms with Gasteiger partial charge in [0.25, 0.3) is 0 Å². The van der Waals surface area contributed by atoms with Crippen LogP contribution in [0, 0.1) is 10.1 Å². The van der Waals surface area contributed by atoms with Crippen molar-refractivity contribution in [1.29, 1.82) is 0 Å². The van der Waals surface area contributed by atoms with Crippen LogP contribution in [0.1, 0.15) is 19.5 Å². The second-order valence-corrected chi connectivity index (χ2v) is 4.78. The predicted molar refractivity (Wildman–Crippen MR) is 80.4 cm³/mol. The minimum atomic E-state index is -0.444. The normalized spacial score (nSPS) is 10.4. The van der Waals surface area contributed by atoms with Crippen molar-refractivity contribution in [3.05, 3.63) is 58.4 Å². The molecule has 0 bridgehead atoms. The number of rotatable bonds is 6. The maximum atomic E-state index is 11.0. The first-order valence-electron chi connectivity index (χ1n) is 6.65. The molecule has 2 rings (SSSR count). The molecule has 0 saturated heterocycles. The van der Waals surface area contributed by atoms with E-state index in [9.17, 15) is 10.1 Å². The molecule has 1 N–H and O–H groups in total. The topological polar surface area (TPSA) is 77.3 Å². The Labute approximate surface area is 122 Å². The zero-order valence-electron chi connectivity index (χ0n) is 11.9. The van der Waals surface area contributed by atoms with E-state index in [-0.39, 0.29) is 17.5 Å². The minimum Gasteiger partial charge on any atom is -0.484 e. The van der Waals surface area contributed by atoms with E-state index in [0.717, 1.165) is 11.4 Å². The highest BCUT2D eigenvalue weighted by Gasteiger charge is 2.16. The van der Waals surface area contributed by atoms with Gasteiger partial charge in [-0.15, -0.1) is 0 Å². The van der Waals surface area contributed by atoms with Crippen LogP contribution < -0.4 is 10.1 Å². The Kier molecular flexibility index (Phi) is 4.71. The van der Waals surface area contributed by atoms with Gasteiger partial charge < -0.3 is 10.1 Å². The number of ether oxygens (including phenoxy) is 1. The summed E-state index contributed by atoms with van der Waals surface area (Å²) >= 11 is 0. The lowest BCUT2D eigenvalue weighted by Crippen LogP contribution is -2.08. The molecule has 0 spiro atoms. The van der Waals surface area contributed by atoms with E-state index in [4.69, 9.17) is 4.74 Å². The van der Waals surface area contributed by atoms with Gasteiger partial charge in [-0.05, 0) is 32.0 Å². The molecule has 0 aliphatic heterocycles. The zero-order chi connectivity index (χ0) is 15.2. The Bertz CT molecular complexity index is 615. The number of benzene rings is 1. The minimum absolute atomic E-state index is 0.0351. The van der Waals surface area contributed by atoms with Crippen molar-refractivity contribution in [2.75, 3.05) is 5.32 Å². The van der Waals surface area contributed by atoms with Gasteiger partial charge in [0.05, 0.1) is 23.3 Å². The number of nitrogens with zero attached hydrogens (tertiary/aromatic N) is 2. The fourth-order valence-electron chi connectivity index (χ4n) is 1.82. The van der Waals surface area contributed by atoms with Crippen LogP contribution in [0.3, 0.4) is 0 Å². The molecule has 0 saturated carbocycles. The number of anilines is 1. The van der Waals surface area contributed by atoms with Crippen molar-refractivity contribution in [2.24, 2.45) is 0 Å².